The van der Waals surface area contributed by atoms with Gasteiger partial charge in [-0.1, -0.05) is 47.8 Å². The number of nitrogens with zero attached hydrogens (tertiary/aromatic N) is 4. The van der Waals surface area contributed by atoms with E-state index in [2.05, 4.69) is 21.6 Å². The molecular formula is C24H25Cl2N5O2S2. The van der Waals surface area contributed by atoms with Gasteiger partial charge in [-0.15, -0.1) is 21.5 Å². The summed E-state index contributed by atoms with van der Waals surface area (Å²) >= 11 is 15.0. The predicted molar refractivity (Wildman–Crippen MR) is 141 cm³/mol. The second-order valence-electron chi connectivity index (χ2n) is 8.08. The van der Waals surface area contributed by atoms with Crippen LogP contribution in [-0.4, -0.2) is 26.4 Å². The van der Waals surface area contributed by atoms with Crippen LogP contribution in [0.1, 0.15) is 54.4 Å². The molecule has 1 aliphatic carbocycles. The second kappa shape index (κ2) is 12.1. The Morgan fingerprint density at radius 2 is 2.06 bits per heavy atom. The Labute approximate surface area is 222 Å². The van der Waals surface area contributed by atoms with Gasteiger partial charge in [0.1, 0.15) is 23.4 Å². The van der Waals surface area contributed by atoms with Gasteiger partial charge in [-0.3, -0.25) is 4.79 Å². The third-order valence-corrected chi connectivity index (χ3v) is 8.45. The van der Waals surface area contributed by atoms with Crippen LogP contribution in [0.25, 0.3) is 0 Å². The maximum absolute atomic E-state index is 12.7. The second-order valence-corrected chi connectivity index (χ2v) is 11.0. The highest BCUT2D eigenvalue weighted by molar-refractivity contribution is 7.99. The van der Waals surface area contributed by atoms with Crippen molar-refractivity contribution < 1.29 is 9.53 Å². The Balaban J connectivity index is 1.39. The van der Waals surface area contributed by atoms with Crippen LogP contribution in [0.15, 0.2) is 23.4 Å². The molecule has 0 radical (unpaired) electrons. The first kappa shape index (κ1) is 25.8. The third kappa shape index (κ3) is 6.31. The monoisotopic (exact) mass is 549 g/mol. The molecule has 35 heavy (non-hydrogen) atoms. The highest BCUT2D eigenvalue weighted by Crippen LogP contribution is 2.36. The molecule has 0 fully saturated rings. The normalized spacial score (nSPS) is 13.4. The zero-order valence-corrected chi connectivity index (χ0v) is 22.4. The lowest BCUT2D eigenvalue weighted by atomic mass is 9.97. The molecule has 4 rings (SSSR count). The Kier molecular flexibility index (Phi) is 8.95. The molecule has 1 aromatic carbocycles. The molecule has 0 saturated carbocycles. The van der Waals surface area contributed by atoms with E-state index >= 15 is 0 Å². The fraction of sp³-hybridized carbons (Fsp3) is 0.417. The van der Waals surface area contributed by atoms with Gasteiger partial charge in [0.15, 0.2) is 11.0 Å². The van der Waals surface area contributed by atoms with Gasteiger partial charge in [0.05, 0.1) is 16.3 Å². The van der Waals surface area contributed by atoms with Crippen LogP contribution in [0.3, 0.4) is 0 Å². The van der Waals surface area contributed by atoms with Crippen molar-refractivity contribution in [2.45, 2.75) is 63.8 Å². The number of hydrogen-bond donors (Lipinski definition) is 1. The number of nitrogens with one attached hydrogen (secondary N) is 1. The molecule has 0 atom stereocenters. The molecule has 11 heteroatoms. The van der Waals surface area contributed by atoms with Crippen molar-refractivity contribution in [3.63, 3.8) is 0 Å². The molecule has 3 aromatic rings. The van der Waals surface area contributed by atoms with Crippen molar-refractivity contribution in [1.82, 2.24) is 14.8 Å². The maximum Gasteiger partial charge on any atom is 0.235 e. The number of carbonyl (C=O) groups is 1. The van der Waals surface area contributed by atoms with E-state index < -0.39 is 0 Å². The lowest BCUT2D eigenvalue weighted by molar-refractivity contribution is -0.113. The number of carbonyl (C=O) groups excluding carboxylic acids is 1. The first-order valence-electron chi connectivity index (χ1n) is 11.5. The number of thiophene rings is 1. The number of benzene rings is 1. The summed E-state index contributed by atoms with van der Waals surface area (Å²) in [7, 11) is 0. The summed E-state index contributed by atoms with van der Waals surface area (Å²) in [6, 6.07) is 7.34. The first-order chi connectivity index (χ1) is 17.0. The summed E-state index contributed by atoms with van der Waals surface area (Å²) in [5.41, 5.74) is 1.75. The largest absolute Gasteiger partial charge is 0.484 e. The maximum atomic E-state index is 12.7. The van der Waals surface area contributed by atoms with Crippen molar-refractivity contribution in [3.8, 4) is 11.8 Å². The van der Waals surface area contributed by atoms with Crippen LogP contribution < -0.4 is 10.1 Å². The number of anilines is 1. The fourth-order valence-electron chi connectivity index (χ4n) is 4.00. The summed E-state index contributed by atoms with van der Waals surface area (Å²) in [6.45, 7) is 2.76. The fourth-order valence-corrected chi connectivity index (χ4v) is 6.41. The van der Waals surface area contributed by atoms with Crippen molar-refractivity contribution in [1.29, 1.82) is 5.26 Å². The Morgan fingerprint density at radius 1 is 1.26 bits per heavy atom. The summed E-state index contributed by atoms with van der Waals surface area (Å²) in [5.74, 6) is 1.08. The van der Waals surface area contributed by atoms with Gasteiger partial charge in [0.25, 0.3) is 0 Å². The zero-order valence-electron chi connectivity index (χ0n) is 19.3. The molecule has 2 heterocycles. The SMILES string of the molecule is CCn1c(COc2cc(Cl)ccc2Cl)nnc1SCC(=O)Nc1sc2c(c1C#N)CCCCCC2. The van der Waals surface area contributed by atoms with Crippen LogP contribution in [0, 0.1) is 11.3 Å². The third-order valence-electron chi connectivity index (χ3n) is 5.73. The van der Waals surface area contributed by atoms with E-state index in [9.17, 15) is 10.1 Å². The van der Waals surface area contributed by atoms with Gasteiger partial charge < -0.3 is 14.6 Å². The minimum absolute atomic E-state index is 0.159. The molecule has 1 aliphatic rings. The summed E-state index contributed by atoms with van der Waals surface area (Å²) in [6.07, 6.45) is 6.51. The van der Waals surface area contributed by atoms with E-state index in [0.29, 0.717) is 43.9 Å². The molecule has 0 aliphatic heterocycles. The standard InChI is InChI=1S/C24H25Cl2N5O2S2/c1-2-31-21(13-33-19-11-15(25)9-10-18(19)26)29-30-24(31)34-14-22(32)28-23-17(12-27)16-7-5-3-4-6-8-20(16)35-23/h9-11H,2-8,13-14H2,1H3,(H,28,32). The number of thioether (sulfide) groups is 1. The molecule has 0 spiro atoms. The van der Waals surface area contributed by atoms with E-state index in [0.717, 1.165) is 31.2 Å². The number of ether oxygens (including phenoxy) is 1. The molecule has 1 N–H and O–H groups in total. The van der Waals surface area contributed by atoms with E-state index in [1.165, 1.54) is 29.5 Å². The molecule has 1 amide bonds. The average Bonchev–Trinajstić information content (AvgIpc) is 3.37. The quantitative estimate of drug-likeness (QED) is 0.322. The predicted octanol–water partition coefficient (Wildman–Crippen LogP) is 6.51. The van der Waals surface area contributed by atoms with Crippen molar-refractivity contribution in [2.75, 3.05) is 11.1 Å². The number of amides is 1. The van der Waals surface area contributed by atoms with Crippen LogP contribution in [0.4, 0.5) is 5.00 Å². The molecular weight excluding hydrogens is 525 g/mol. The van der Waals surface area contributed by atoms with Crippen molar-refractivity contribution in [3.05, 3.63) is 50.1 Å². The lowest BCUT2D eigenvalue weighted by Crippen LogP contribution is -2.15. The van der Waals surface area contributed by atoms with Crippen LogP contribution in [-0.2, 0) is 30.8 Å². The highest BCUT2D eigenvalue weighted by Gasteiger charge is 2.21. The van der Waals surface area contributed by atoms with E-state index in [1.807, 2.05) is 11.5 Å². The number of halogens is 2. The molecule has 0 unspecified atom stereocenters. The van der Waals surface area contributed by atoms with Gasteiger partial charge in [-0.25, -0.2) is 0 Å². The minimum atomic E-state index is -0.171. The molecule has 7 nitrogen and oxygen atoms in total. The number of rotatable bonds is 8. The smallest absolute Gasteiger partial charge is 0.235 e. The van der Waals surface area contributed by atoms with Crippen LogP contribution in [0.2, 0.25) is 10.0 Å². The van der Waals surface area contributed by atoms with E-state index in [1.54, 1.807) is 29.5 Å². The van der Waals surface area contributed by atoms with Gasteiger partial charge in [-0.2, -0.15) is 5.26 Å². The van der Waals surface area contributed by atoms with E-state index in [4.69, 9.17) is 27.9 Å². The molecule has 2 aromatic heterocycles. The zero-order chi connectivity index (χ0) is 24.8. The summed E-state index contributed by atoms with van der Waals surface area (Å²) < 4.78 is 7.69. The Hall–Kier alpha value is -2.25. The number of aromatic nitrogens is 3. The van der Waals surface area contributed by atoms with Crippen LogP contribution in [0.5, 0.6) is 5.75 Å². The molecule has 184 valence electrons. The van der Waals surface area contributed by atoms with Gasteiger partial charge in [-0.05, 0) is 50.3 Å². The number of aryl methyl sites for hydroxylation is 1. The van der Waals surface area contributed by atoms with Crippen molar-refractivity contribution >= 4 is 57.2 Å². The topological polar surface area (TPSA) is 92.8 Å². The molecule has 0 bridgehead atoms. The van der Waals surface area contributed by atoms with Gasteiger partial charge in [0, 0.05) is 22.5 Å². The Morgan fingerprint density at radius 3 is 2.83 bits per heavy atom. The number of nitriles is 1. The molecule has 0 saturated heterocycles. The summed E-state index contributed by atoms with van der Waals surface area (Å²) in [4.78, 5) is 14.0. The lowest BCUT2D eigenvalue weighted by Gasteiger charge is -2.10. The Bertz CT molecular complexity index is 1250. The average molecular weight is 551 g/mol. The van der Waals surface area contributed by atoms with Crippen LogP contribution >= 0.6 is 46.3 Å². The van der Waals surface area contributed by atoms with E-state index in [-0.39, 0.29) is 18.3 Å². The number of fused-ring (bicyclic) bond motifs is 1. The van der Waals surface area contributed by atoms with Gasteiger partial charge >= 0.3 is 0 Å². The summed E-state index contributed by atoms with van der Waals surface area (Å²) in [5, 5.41) is 23.4. The first-order valence-corrected chi connectivity index (χ1v) is 14.0. The van der Waals surface area contributed by atoms with Gasteiger partial charge in [0.2, 0.25) is 5.91 Å². The number of hydrogen-bond acceptors (Lipinski definition) is 7. The minimum Gasteiger partial charge on any atom is -0.484 e. The highest BCUT2D eigenvalue weighted by atomic mass is 35.5. The van der Waals surface area contributed by atoms with Crippen molar-refractivity contribution in [2.24, 2.45) is 0 Å².